The van der Waals surface area contributed by atoms with Crippen molar-refractivity contribution in [2.45, 2.75) is 16.7 Å². The van der Waals surface area contributed by atoms with E-state index in [1.165, 1.54) is 83.7 Å². The van der Waals surface area contributed by atoms with E-state index in [-0.39, 0.29) is 67.8 Å². The van der Waals surface area contributed by atoms with Gasteiger partial charge in [0.1, 0.15) is 27.7 Å². The van der Waals surface area contributed by atoms with Crippen LogP contribution >= 0.6 is 0 Å². The fourth-order valence-electron chi connectivity index (χ4n) is 5.89. The lowest BCUT2D eigenvalue weighted by Crippen LogP contribution is -2.11. The highest BCUT2D eigenvalue weighted by Crippen LogP contribution is 2.42. The van der Waals surface area contributed by atoms with Gasteiger partial charge in [0.15, 0.2) is 11.4 Å². The van der Waals surface area contributed by atoms with Gasteiger partial charge in [-0.2, -0.15) is 37.3 Å². The fraction of sp³-hybridized carbons (Fsp3) is 0.0488. The molecule has 0 saturated heterocycles. The third-order valence-electron chi connectivity index (χ3n) is 8.79. The van der Waals surface area contributed by atoms with Crippen LogP contribution in [-0.2, 0) is 20.2 Å². The van der Waals surface area contributed by atoms with Crippen LogP contribution in [0, 0.1) is 0 Å². The van der Waals surface area contributed by atoms with E-state index < -0.39 is 54.1 Å². The predicted octanol–water partition coefficient (Wildman–Crippen LogP) is 9.82. The molecule has 0 aliphatic rings. The molecule has 0 fully saturated rings. The molecule has 1 amide bonds. The summed E-state index contributed by atoms with van der Waals surface area (Å²) in [5.41, 5.74) is 0.474. The van der Waals surface area contributed by atoms with E-state index in [4.69, 9.17) is 4.74 Å². The topological polar surface area (TPSA) is 297 Å². The van der Waals surface area contributed by atoms with Gasteiger partial charge in [-0.25, -0.2) is 9.48 Å². The average Bonchev–Trinajstić information content (AvgIpc) is 3.70. The quantitative estimate of drug-likeness (QED) is 0.0503. The summed E-state index contributed by atoms with van der Waals surface area (Å²) in [6.07, 6.45) is 1.29. The second kappa shape index (κ2) is 17.9. The van der Waals surface area contributed by atoms with Crippen LogP contribution < -0.4 is 10.1 Å². The van der Waals surface area contributed by atoms with Crippen molar-refractivity contribution >= 4 is 82.7 Å². The van der Waals surface area contributed by atoms with Crippen molar-refractivity contribution in [1.29, 1.82) is 0 Å². The van der Waals surface area contributed by atoms with E-state index in [1.807, 2.05) is 0 Å². The van der Waals surface area contributed by atoms with Crippen molar-refractivity contribution in [2.24, 2.45) is 30.7 Å². The van der Waals surface area contributed by atoms with Gasteiger partial charge in [-0.05, 0) is 97.2 Å². The molecule has 1 aromatic heterocycles. The summed E-state index contributed by atoms with van der Waals surface area (Å²) in [6.45, 7) is 1.93. The highest BCUT2D eigenvalue weighted by Gasteiger charge is 2.23. The summed E-state index contributed by atoms with van der Waals surface area (Å²) < 4.78 is 74.3. The number of phenolic OH excluding ortho intramolecular Hbond substituents is 1. The van der Waals surface area contributed by atoms with Gasteiger partial charge in [0.25, 0.3) is 26.1 Å². The number of rotatable bonds is 14. The zero-order valence-corrected chi connectivity index (χ0v) is 34.0. The minimum atomic E-state index is -4.98. The number of benzene rings is 6. The van der Waals surface area contributed by atoms with E-state index >= 15 is 0 Å². The van der Waals surface area contributed by atoms with Crippen molar-refractivity contribution in [3.05, 3.63) is 139 Å². The molecule has 22 heteroatoms. The van der Waals surface area contributed by atoms with Crippen molar-refractivity contribution in [3.8, 4) is 17.2 Å². The van der Waals surface area contributed by atoms with Crippen LogP contribution in [0.15, 0.2) is 168 Å². The second-order valence-electron chi connectivity index (χ2n) is 13.1. The van der Waals surface area contributed by atoms with Gasteiger partial charge in [-0.1, -0.05) is 30.3 Å². The van der Waals surface area contributed by atoms with Crippen LogP contribution in [0.3, 0.4) is 0 Å². The standard InChI is InChI=1S/C41H31N9O11S2/c1-2-61-35-22-29(44-43-28-11-7-13-31(21-28)62(55,56)57)15-17-33(35)46-47-34-23-50(49-37(34)41(53)54)30-12-6-10-27(20-30)45-48-38-36(63(58,59)60)19-25-18-26(14-16-32(25)39(38)51)42-40(52)24-8-4-3-5-9-24/h3-23,51H,2H2,1H3,(H,42,52)(H,53,54)(H,55,56,57)(H,58,59,60). The van der Waals surface area contributed by atoms with Gasteiger partial charge >= 0.3 is 5.97 Å². The van der Waals surface area contributed by atoms with Crippen LogP contribution in [0.5, 0.6) is 11.5 Å². The molecule has 63 heavy (non-hydrogen) atoms. The summed E-state index contributed by atoms with van der Waals surface area (Å²) in [5, 5.41) is 52.7. The molecule has 0 aliphatic carbocycles. The number of carboxylic acid groups (broad SMARTS) is 1. The maximum Gasteiger partial charge on any atom is 0.358 e. The maximum atomic E-state index is 12.7. The molecular formula is C41H31N9O11S2. The SMILES string of the molecule is CCOc1cc(N=Nc2cccc(S(=O)(=O)O)c2)ccc1N=Nc1cn(-c2cccc(N=Nc3c(S(=O)(=O)O)cc4cc(NC(=O)c5ccccc5)ccc4c3O)c2)nc1C(=O)O. The van der Waals surface area contributed by atoms with Gasteiger partial charge < -0.3 is 20.3 Å². The number of fused-ring (bicyclic) bond motifs is 1. The highest BCUT2D eigenvalue weighted by molar-refractivity contribution is 7.86. The maximum absolute atomic E-state index is 12.7. The van der Waals surface area contributed by atoms with E-state index in [2.05, 4.69) is 41.1 Å². The molecule has 318 valence electrons. The zero-order valence-electron chi connectivity index (χ0n) is 32.4. The Balaban J connectivity index is 1.14. The number of ether oxygens (including phenoxy) is 1. The lowest BCUT2D eigenvalue weighted by Gasteiger charge is -2.11. The summed E-state index contributed by atoms with van der Waals surface area (Å²) in [5.74, 6) is -2.26. The Bertz CT molecular complexity index is 3250. The Kier molecular flexibility index (Phi) is 12.2. The summed E-state index contributed by atoms with van der Waals surface area (Å²) in [7, 11) is -9.43. The lowest BCUT2D eigenvalue weighted by atomic mass is 10.1. The van der Waals surface area contributed by atoms with Crippen molar-refractivity contribution < 1.29 is 50.5 Å². The normalized spacial score (nSPS) is 12.1. The van der Waals surface area contributed by atoms with E-state index in [0.717, 1.165) is 12.1 Å². The largest absolute Gasteiger partial charge is 0.505 e. The first-order valence-electron chi connectivity index (χ1n) is 18.2. The molecule has 5 N–H and O–H groups in total. The monoisotopic (exact) mass is 889 g/mol. The van der Waals surface area contributed by atoms with Crippen LogP contribution in [-0.4, -0.2) is 64.4 Å². The third-order valence-corrected chi connectivity index (χ3v) is 10.5. The number of carboxylic acids is 1. The van der Waals surface area contributed by atoms with Crippen molar-refractivity contribution in [1.82, 2.24) is 9.78 Å². The average molecular weight is 890 g/mol. The number of anilines is 1. The van der Waals surface area contributed by atoms with Gasteiger partial charge in [0.05, 0.1) is 40.4 Å². The molecule has 7 rings (SSSR count). The first kappa shape index (κ1) is 43.1. The Morgan fingerprint density at radius 3 is 2.10 bits per heavy atom. The minimum Gasteiger partial charge on any atom is -0.505 e. The van der Waals surface area contributed by atoms with Crippen molar-refractivity contribution in [3.63, 3.8) is 0 Å². The number of carbonyl (C=O) groups excluding carboxylic acids is 1. The van der Waals surface area contributed by atoms with Gasteiger partial charge in [0, 0.05) is 22.7 Å². The van der Waals surface area contributed by atoms with Crippen LogP contribution in [0.1, 0.15) is 27.8 Å². The number of carbonyl (C=O) groups is 2. The van der Waals surface area contributed by atoms with Gasteiger partial charge in [0.2, 0.25) is 0 Å². The molecule has 0 unspecified atom stereocenters. The summed E-state index contributed by atoms with van der Waals surface area (Å²) >= 11 is 0. The van der Waals surface area contributed by atoms with Gasteiger partial charge in [-0.15, -0.1) is 15.3 Å². The Hall–Kier alpha value is -8.05. The summed E-state index contributed by atoms with van der Waals surface area (Å²) in [4.78, 5) is 23.8. The number of aromatic carboxylic acids is 1. The smallest absolute Gasteiger partial charge is 0.358 e. The Morgan fingerprint density at radius 1 is 0.714 bits per heavy atom. The Morgan fingerprint density at radius 2 is 1.40 bits per heavy atom. The predicted molar refractivity (Wildman–Crippen MR) is 227 cm³/mol. The van der Waals surface area contributed by atoms with E-state index in [0.29, 0.717) is 5.56 Å². The molecule has 0 spiro atoms. The summed E-state index contributed by atoms with van der Waals surface area (Å²) in [6, 6.07) is 29.5. The zero-order chi connectivity index (χ0) is 44.9. The Labute approximate surface area is 357 Å². The molecule has 0 bridgehead atoms. The first-order valence-corrected chi connectivity index (χ1v) is 21.1. The number of azo groups is 3. The van der Waals surface area contributed by atoms with Crippen molar-refractivity contribution in [2.75, 3.05) is 11.9 Å². The number of phenols is 1. The first-order chi connectivity index (χ1) is 30.1. The number of amides is 1. The van der Waals surface area contributed by atoms with Gasteiger partial charge in [-0.3, -0.25) is 13.9 Å². The molecular weight excluding hydrogens is 859 g/mol. The number of nitrogens with zero attached hydrogens (tertiary/aromatic N) is 8. The van der Waals surface area contributed by atoms with Crippen LogP contribution in [0.4, 0.5) is 39.8 Å². The number of nitrogens with one attached hydrogen (secondary N) is 1. The van der Waals surface area contributed by atoms with E-state index in [9.17, 15) is 45.7 Å². The number of aromatic nitrogens is 2. The highest BCUT2D eigenvalue weighted by atomic mass is 32.2. The van der Waals surface area contributed by atoms with E-state index in [1.54, 1.807) is 43.3 Å². The molecule has 0 aliphatic heterocycles. The number of hydrogen-bond donors (Lipinski definition) is 5. The number of hydrogen-bond acceptors (Lipinski definition) is 15. The lowest BCUT2D eigenvalue weighted by molar-refractivity contribution is 0.0690. The fourth-order valence-corrected chi connectivity index (χ4v) is 7.07. The van der Waals surface area contributed by atoms with Crippen LogP contribution in [0.2, 0.25) is 0 Å². The molecule has 20 nitrogen and oxygen atoms in total. The molecule has 0 atom stereocenters. The second-order valence-corrected chi connectivity index (χ2v) is 15.9. The molecule has 7 aromatic rings. The van der Waals surface area contributed by atoms with Crippen LogP contribution in [0.25, 0.3) is 16.5 Å². The molecule has 0 saturated carbocycles. The third kappa shape index (κ3) is 10.1. The molecule has 6 aromatic carbocycles. The molecule has 0 radical (unpaired) electrons. The number of aromatic hydroxyl groups is 1. The molecule has 1 heterocycles. The minimum absolute atomic E-state index is 0.104.